The van der Waals surface area contributed by atoms with E-state index in [1.807, 2.05) is 6.92 Å². The van der Waals surface area contributed by atoms with Gasteiger partial charge >= 0.3 is 11.9 Å². The average molecular weight is 596 g/mol. The number of rotatable bonds is 9. The lowest BCUT2D eigenvalue weighted by molar-refractivity contribution is -0.184. The molecule has 3 saturated carbocycles. The van der Waals surface area contributed by atoms with Gasteiger partial charge in [0, 0.05) is 18.3 Å². The van der Waals surface area contributed by atoms with E-state index in [4.69, 9.17) is 4.74 Å². The quantitative estimate of drug-likeness (QED) is 0.314. The van der Waals surface area contributed by atoms with Crippen LogP contribution in [0.25, 0.3) is 0 Å². The summed E-state index contributed by atoms with van der Waals surface area (Å²) in [5, 5.41) is 35.2. The molecule has 4 aliphatic carbocycles. The molecular weight excluding hydrogens is 554 g/mol. The second-order valence-corrected chi connectivity index (χ2v) is 13.3. The Kier molecular flexibility index (Phi) is 8.39. The highest BCUT2D eigenvalue weighted by Crippen LogP contribution is 2.67. The summed E-state index contributed by atoms with van der Waals surface area (Å²) in [5.41, 5.74) is -1.46. The van der Waals surface area contributed by atoms with Crippen molar-refractivity contribution in [1.29, 1.82) is 0 Å². The maximum absolute atomic E-state index is 13.4. The van der Waals surface area contributed by atoms with E-state index in [2.05, 4.69) is 12.2 Å². The molecule has 232 valence electrons. The van der Waals surface area contributed by atoms with Crippen LogP contribution in [-0.4, -0.2) is 63.0 Å². The minimum atomic E-state index is -1.77. The molecule has 0 heterocycles. The molecule has 3 fully saturated rings. The molecule has 0 unspecified atom stereocenters. The minimum absolute atomic E-state index is 0.00274. The number of esters is 1. The van der Waals surface area contributed by atoms with Crippen LogP contribution in [0.3, 0.4) is 0 Å². The maximum atomic E-state index is 13.4. The number of benzene rings is 1. The summed E-state index contributed by atoms with van der Waals surface area (Å²) in [4.78, 5) is 62.0. The number of ketones is 2. The summed E-state index contributed by atoms with van der Waals surface area (Å²) in [6, 6.07) is 6.91. The number of hydrogen-bond acceptors (Lipinski definition) is 8. The van der Waals surface area contributed by atoms with Crippen molar-refractivity contribution in [2.24, 2.45) is 28.6 Å². The number of fused-ring (bicyclic) bond motifs is 5. The van der Waals surface area contributed by atoms with Crippen molar-refractivity contribution in [3.8, 4) is 0 Å². The van der Waals surface area contributed by atoms with E-state index >= 15 is 0 Å². The fourth-order valence-corrected chi connectivity index (χ4v) is 8.87. The summed E-state index contributed by atoms with van der Waals surface area (Å²) in [6.45, 7) is 3.35. The first-order valence-electron chi connectivity index (χ1n) is 15.2. The third-order valence-electron chi connectivity index (χ3n) is 11.1. The highest BCUT2D eigenvalue weighted by Gasteiger charge is 2.68. The van der Waals surface area contributed by atoms with Crippen LogP contribution in [0.15, 0.2) is 42.0 Å². The lowest BCUT2D eigenvalue weighted by Crippen LogP contribution is -2.62. The van der Waals surface area contributed by atoms with E-state index < -0.39 is 53.4 Å². The van der Waals surface area contributed by atoms with Crippen LogP contribution in [0, 0.1) is 28.6 Å². The summed E-state index contributed by atoms with van der Waals surface area (Å²) < 4.78 is 5.18. The number of aliphatic hydroxyl groups excluding tert-OH is 1. The fraction of sp³-hybridized carbons (Fsp3) is 0.606. The largest absolute Gasteiger partial charge is 0.479 e. The third kappa shape index (κ3) is 5.44. The Balaban J connectivity index is 1.18. The van der Waals surface area contributed by atoms with E-state index in [-0.39, 0.29) is 54.6 Å². The van der Waals surface area contributed by atoms with Crippen molar-refractivity contribution in [2.45, 2.75) is 89.4 Å². The molecular formula is C33H41NO9. The number of carboxylic acids is 1. The molecule has 1 amide bonds. The van der Waals surface area contributed by atoms with Crippen LogP contribution in [0.5, 0.6) is 0 Å². The second kappa shape index (κ2) is 11.6. The molecule has 8 atom stereocenters. The smallest absolute Gasteiger partial charge is 0.330 e. The number of hydrogen-bond donors (Lipinski definition) is 4. The van der Waals surface area contributed by atoms with Gasteiger partial charge in [-0.3, -0.25) is 19.2 Å². The standard InChI is InChI=1S/C33H41NO9/c1-31-14-12-21(35)16-20(31)8-9-22-23-13-15-33(42,32(23,2)17-24(36)28(22)31)25(37)18-43-27(39)11-10-26(38)34-29(30(40)41)19-6-4-3-5-7-19/h3-7,16,22-24,28-29,36,42H,8-15,17-18H2,1-2H3,(H,34,38)(H,40,41)/t22-,23-,24-,28+,29-,31-,32-,33-/m0/s1. The second-order valence-electron chi connectivity index (χ2n) is 13.3. The number of carboxylic acid groups (broad SMARTS) is 1. The van der Waals surface area contributed by atoms with E-state index in [1.54, 1.807) is 36.4 Å². The van der Waals surface area contributed by atoms with Crippen molar-refractivity contribution in [1.82, 2.24) is 5.32 Å². The van der Waals surface area contributed by atoms with Gasteiger partial charge < -0.3 is 25.4 Å². The lowest BCUT2D eigenvalue weighted by Gasteiger charge is -2.60. The van der Waals surface area contributed by atoms with Crippen LogP contribution in [0.1, 0.15) is 83.2 Å². The van der Waals surface area contributed by atoms with E-state index in [9.17, 15) is 39.3 Å². The number of ether oxygens (including phenoxy) is 1. The molecule has 5 rings (SSSR count). The summed E-state index contributed by atoms with van der Waals surface area (Å²) >= 11 is 0. The highest BCUT2D eigenvalue weighted by molar-refractivity contribution is 5.92. The van der Waals surface area contributed by atoms with Gasteiger partial charge in [-0.2, -0.15) is 0 Å². The van der Waals surface area contributed by atoms with Gasteiger partial charge in [0.25, 0.3) is 0 Å². The van der Waals surface area contributed by atoms with Crippen LogP contribution in [0.4, 0.5) is 0 Å². The number of carbonyl (C=O) groups is 5. The Morgan fingerprint density at radius 1 is 1.05 bits per heavy atom. The number of aliphatic hydroxyl groups is 2. The van der Waals surface area contributed by atoms with Gasteiger partial charge in [-0.25, -0.2) is 4.79 Å². The number of Topliss-reactive ketones (excluding diaryl/α,β-unsaturated/α-hetero) is 1. The van der Waals surface area contributed by atoms with Crippen LogP contribution < -0.4 is 5.32 Å². The number of aliphatic carboxylic acids is 1. The van der Waals surface area contributed by atoms with Gasteiger partial charge in [0.2, 0.25) is 11.7 Å². The average Bonchev–Trinajstić information content (AvgIpc) is 3.24. The van der Waals surface area contributed by atoms with Crippen molar-refractivity contribution >= 4 is 29.4 Å². The molecule has 0 aromatic heterocycles. The molecule has 10 heteroatoms. The maximum Gasteiger partial charge on any atom is 0.330 e. The highest BCUT2D eigenvalue weighted by atomic mass is 16.5. The van der Waals surface area contributed by atoms with E-state index in [1.165, 1.54) is 0 Å². The first-order valence-corrected chi connectivity index (χ1v) is 15.2. The zero-order valence-corrected chi connectivity index (χ0v) is 24.7. The molecule has 1 aromatic carbocycles. The van der Waals surface area contributed by atoms with Crippen molar-refractivity contribution in [3.63, 3.8) is 0 Å². The zero-order valence-electron chi connectivity index (χ0n) is 24.7. The molecule has 43 heavy (non-hydrogen) atoms. The zero-order chi connectivity index (χ0) is 31.2. The van der Waals surface area contributed by atoms with Gasteiger partial charge in [0.1, 0.15) is 5.60 Å². The van der Waals surface area contributed by atoms with Crippen LogP contribution in [-0.2, 0) is 28.7 Å². The summed E-state index contributed by atoms with van der Waals surface area (Å²) in [6.07, 6.45) is 4.07. The van der Waals surface area contributed by atoms with E-state index in [0.29, 0.717) is 24.8 Å². The Bertz CT molecular complexity index is 1340. The van der Waals surface area contributed by atoms with Gasteiger partial charge in [0.05, 0.1) is 12.5 Å². The van der Waals surface area contributed by atoms with Crippen LogP contribution in [0.2, 0.25) is 0 Å². The molecule has 0 radical (unpaired) electrons. The van der Waals surface area contributed by atoms with Gasteiger partial charge in [-0.05, 0) is 73.3 Å². The molecule has 1 aromatic rings. The molecule has 4 N–H and O–H groups in total. The van der Waals surface area contributed by atoms with Gasteiger partial charge in [-0.1, -0.05) is 49.8 Å². The molecule has 0 aliphatic heterocycles. The van der Waals surface area contributed by atoms with Crippen molar-refractivity contribution in [2.75, 3.05) is 6.61 Å². The number of carbonyl (C=O) groups excluding carboxylic acids is 4. The minimum Gasteiger partial charge on any atom is -0.479 e. The Hall–Kier alpha value is -3.37. The van der Waals surface area contributed by atoms with E-state index in [0.717, 1.165) is 18.4 Å². The first-order chi connectivity index (χ1) is 20.3. The van der Waals surface area contributed by atoms with Gasteiger partial charge in [0.15, 0.2) is 18.4 Å². The lowest BCUT2D eigenvalue weighted by atomic mass is 9.45. The SMILES string of the molecule is C[C@]12CCC(=O)C=C1CC[C@@H]1[C@@H]2[C@@H](O)C[C@@]2(C)[C@H]1CC[C@]2(O)C(=O)COC(=O)CCC(=O)N[C@H](C(=O)O)c1ccccc1. The third-order valence-corrected chi connectivity index (χ3v) is 11.1. The Morgan fingerprint density at radius 2 is 1.77 bits per heavy atom. The molecule has 0 bridgehead atoms. The Morgan fingerprint density at radius 3 is 2.47 bits per heavy atom. The molecule has 0 saturated heterocycles. The fourth-order valence-electron chi connectivity index (χ4n) is 8.87. The monoisotopic (exact) mass is 595 g/mol. The number of amides is 1. The molecule has 4 aliphatic rings. The van der Waals surface area contributed by atoms with Crippen LogP contribution >= 0.6 is 0 Å². The predicted molar refractivity (Wildman–Crippen MR) is 153 cm³/mol. The predicted octanol–water partition coefficient (Wildman–Crippen LogP) is 3.05. The summed E-state index contributed by atoms with van der Waals surface area (Å²) in [5.74, 6) is -3.16. The summed E-state index contributed by atoms with van der Waals surface area (Å²) in [7, 11) is 0. The Labute approximate surface area is 250 Å². The number of nitrogens with one attached hydrogen (secondary N) is 1. The number of allylic oxidation sites excluding steroid dienone is 1. The van der Waals surface area contributed by atoms with Gasteiger partial charge in [-0.15, -0.1) is 0 Å². The molecule has 10 nitrogen and oxygen atoms in total. The van der Waals surface area contributed by atoms with Crippen molar-refractivity contribution < 1.29 is 44.0 Å². The molecule has 0 spiro atoms. The normalized spacial score (nSPS) is 35.4. The van der Waals surface area contributed by atoms with Crippen molar-refractivity contribution in [3.05, 3.63) is 47.5 Å². The topological polar surface area (TPSA) is 167 Å². The first kappa shape index (κ1) is 31.1.